The molecular weight excluding hydrogens is 354 g/mol. The quantitative estimate of drug-likeness (QED) is 0.795. The third-order valence-corrected chi connectivity index (χ3v) is 4.67. The van der Waals surface area contributed by atoms with Gasteiger partial charge in [-0.2, -0.15) is 0 Å². The number of aryl methyl sites for hydroxylation is 1. The second-order valence-electron chi connectivity index (χ2n) is 8.03. The number of nitrogens with zero attached hydrogens (tertiary/aromatic N) is 3. The lowest BCUT2D eigenvalue weighted by atomic mass is 10.00. The fourth-order valence-corrected chi connectivity index (χ4v) is 3.21. The molecule has 28 heavy (non-hydrogen) atoms. The van der Waals surface area contributed by atoms with E-state index in [4.69, 9.17) is 4.74 Å². The van der Waals surface area contributed by atoms with E-state index in [0.29, 0.717) is 31.7 Å². The summed E-state index contributed by atoms with van der Waals surface area (Å²) in [5.74, 6) is -0.000856. The number of pyridine rings is 1. The van der Waals surface area contributed by atoms with Gasteiger partial charge < -0.3 is 14.5 Å². The van der Waals surface area contributed by atoms with Crippen molar-refractivity contribution in [2.75, 3.05) is 26.2 Å². The number of benzene rings is 1. The summed E-state index contributed by atoms with van der Waals surface area (Å²) < 4.78 is 5.41. The van der Waals surface area contributed by atoms with Gasteiger partial charge in [-0.15, -0.1) is 0 Å². The molecule has 1 aliphatic heterocycles. The predicted molar refractivity (Wildman–Crippen MR) is 108 cm³/mol. The van der Waals surface area contributed by atoms with Gasteiger partial charge in [-0.3, -0.25) is 9.78 Å². The first-order chi connectivity index (χ1) is 13.2. The fourth-order valence-electron chi connectivity index (χ4n) is 3.21. The lowest BCUT2D eigenvalue weighted by molar-refractivity contribution is 0.0140. The summed E-state index contributed by atoms with van der Waals surface area (Å²) in [5.41, 5.74) is 3.17. The molecule has 6 nitrogen and oxygen atoms in total. The first-order valence-electron chi connectivity index (χ1n) is 9.53. The van der Waals surface area contributed by atoms with E-state index in [-0.39, 0.29) is 12.0 Å². The van der Waals surface area contributed by atoms with E-state index in [0.717, 1.165) is 16.7 Å². The van der Waals surface area contributed by atoms with Crippen molar-refractivity contribution in [3.8, 4) is 11.1 Å². The van der Waals surface area contributed by atoms with Gasteiger partial charge in [-0.25, -0.2) is 4.79 Å². The van der Waals surface area contributed by atoms with Crippen LogP contribution in [0, 0.1) is 6.92 Å². The van der Waals surface area contributed by atoms with E-state index >= 15 is 0 Å². The Balaban J connectivity index is 1.65. The number of ether oxygens (including phenoxy) is 1. The van der Waals surface area contributed by atoms with Crippen LogP contribution in [-0.4, -0.2) is 58.6 Å². The van der Waals surface area contributed by atoms with Crippen molar-refractivity contribution in [3.05, 3.63) is 53.9 Å². The molecule has 1 aromatic carbocycles. The Hall–Kier alpha value is -2.89. The minimum absolute atomic E-state index is 0.000856. The molecule has 148 valence electrons. The molecule has 1 fully saturated rings. The summed E-state index contributed by atoms with van der Waals surface area (Å²) in [4.78, 5) is 32.7. The Morgan fingerprint density at radius 3 is 2.25 bits per heavy atom. The average Bonchev–Trinajstić information content (AvgIpc) is 2.67. The van der Waals surface area contributed by atoms with Gasteiger partial charge in [-0.05, 0) is 56.5 Å². The van der Waals surface area contributed by atoms with Gasteiger partial charge in [-0.1, -0.05) is 18.2 Å². The number of rotatable bonds is 2. The Morgan fingerprint density at radius 2 is 1.68 bits per heavy atom. The van der Waals surface area contributed by atoms with Crippen LogP contribution in [0.2, 0.25) is 0 Å². The number of carbonyl (C=O) groups excluding carboxylic acids is 2. The third kappa shape index (κ3) is 4.68. The molecule has 1 aliphatic rings. The van der Waals surface area contributed by atoms with Crippen molar-refractivity contribution in [1.29, 1.82) is 0 Å². The first-order valence-corrected chi connectivity index (χ1v) is 9.53. The van der Waals surface area contributed by atoms with Gasteiger partial charge in [0.25, 0.3) is 5.91 Å². The Morgan fingerprint density at radius 1 is 1.00 bits per heavy atom. The second kappa shape index (κ2) is 8.00. The topological polar surface area (TPSA) is 62.7 Å². The molecule has 0 aliphatic carbocycles. The van der Waals surface area contributed by atoms with Crippen molar-refractivity contribution in [2.24, 2.45) is 0 Å². The van der Waals surface area contributed by atoms with Gasteiger partial charge in [0.15, 0.2) is 0 Å². The van der Waals surface area contributed by atoms with Crippen molar-refractivity contribution >= 4 is 12.0 Å². The minimum atomic E-state index is -0.517. The highest BCUT2D eigenvalue weighted by Crippen LogP contribution is 2.23. The van der Waals surface area contributed by atoms with E-state index in [1.165, 1.54) is 0 Å². The van der Waals surface area contributed by atoms with Crippen LogP contribution >= 0.6 is 0 Å². The van der Waals surface area contributed by atoms with Gasteiger partial charge in [0.1, 0.15) is 5.60 Å². The molecule has 0 saturated carbocycles. The average molecular weight is 381 g/mol. The zero-order chi connectivity index (χ0) is 20.3. The summed E-state index contributed by atoms with van der Waals surface area (Å²) in [6, 6.07) is 9.74. The zero-order valence-electron chi connectivity index (χ0n) is 16.9. The SMILES string of the molecule is Cc1cc(-c2cccnc2)ccc1C(=O)N1CCN(C(=O)OC(C)(C)C)CC1. The zero-order valence-corrected chi connectivity index (χ0v) is 16.9. The van der Waals surface area contributed by atoms with Crippen LogP contribution in [0.15, 0.2) is 42.7 Å². The largest absolute Gasteiger partial charge is 0.444 e. The monoisotopic (exact) mass is 381 g/mol. The molecule has 0 spiro atoms. The first kappa shape index (κ1) is 19.9. The normalized spacial score (nSPS) is 14.7. The lowest BCUT2D eigenvalue weighted by Crippen LogP contribution is -2.51. The molecule has 0 radical (unpaired) electrons. The van der Waals surface area contributed by atoms with Gasteiger partial charge in [0, 0.05) is 44.1 Å². The number of hydrogen-bond donors (Lipinski definition) is 0. The summed E-state index contributed by atoms with van der Waals surface area (Å²) in [7, 11) is 0. The molecule has 6 heteroatoms. The molecule has 2 amide bonds. The Bertz CT molecular complexity index is 851. The molecule has 1 saturated heterocycles. The molecule has 0 N–H and O–H groups in total. The van der Waals surface area contributed by atoms with Crippen LogP contribution in [-0.2, 0) is 4.74 Å². The molecular formula is C22H27N3O3. The van der Waals surface area contributed by atoms with Crippen LogP contribution in [0.1, 0.15) is 36.7 Å². The van der Waals surface area contributed by atoms with Crippen LogP contribution in [0.25, 0.3) is 11.1 Å². The van der Waals surface area contributed by atoms with E-state index < -0.39 is 5.60 Å². The highest BCUT2D eigenvalue weighted by atomic mass is 16.6. The fraction of sp³-hybridized carbons (Fsp3) is 0.409. The van der Waals surface area contributed by atoms with E-state index in [2.05, 4.69) is 4.98 Å². The Kier molecular flexibility index (Phi) is 5.68. The van der Waals surface area contributed by atoms with E-state index in [9.17, 15) is 9.59 Å². The number of hydrogen-bond acceptors (Lipinski definition) is 4. The smallest absolute Gasteiger partial charge is 0.410 e. The molecule has 0 bridgehead atoms. The van der Waals surface area contributed by atoms with Crippen molar-refractivity contribution in [1.82, 2.24) is 14.8 Å². The summed E-state index contributed by atoms with van der Waals surface area (Å²) in [5, 5.41) is 0. The minimum Gasteiger partial charge on any atom is -0.444 e. The van der Waals surface area contributed by atoms with Crippen LogP contribution in [0.5, 0.6) is 0 Å². The predicted octanol–water partition coefficient (Wildman–Crippen LogP) is 3.75. The number of amides is 2. The van der Waals surface area contributed by atoms with Crippen LogP contribution in [0.3, 0.4) is 0 Å². The van der Waals surface area contributed by atoms with E-state index in [1.54, 1.807) is 16.0 Å². The molecule has 2 heterocycles. The molecule has 0 atom stereocenters. The lowest BCUT2D eigenvalue weighted by Gasteiger charge is -2.35. The van der Waals surface area contributed by atoms with Crippen molar-refractivity contribution < 1.29 is 14.3 Å². The van der Waals surface area contributed by atoms with Gasteiger partial charge >= 0.3 is 6.09 Å². The molecule has 0 unspecified atom stereocenters. The maximum Gasteiger partial charge on any atom is 0.410 e. The van der Waals surface area contributed by atoms with Crippen molar-refractivity contribution in [2.45, 2.75) is 33.3 Å². The van der Waals surface area contributed by atoms with Crippen molar-refractivity contribution in [3.63, 3.8) is 0 Å². The molecule has 2 aromatic rings. The standard InChI is InChI=1S/C22H27N3O3/c1-16-14-17(18-6-5-9-23-15-18)7-8-19(16)20(26)24-10-12-25(13-11-24)21(27)28-22(2,3)4/h5-9,14-15H,10-13H2,1-4H3. The van der Waals surface area contributed by atoms with Gasteiger partial charge in [0.05, 0.1) is 0 Å². The van der Waals surface area contributed by atoms with Crippen LogP contribution < -0.4 is 0 Å². The highest BCUT2D eigenvalue weighted by Gasteiger charge is 2.28. The van der Waals surface area contributed by atoms with Crippen LogP contribution in [0.4, 0.5) is 4.79 Å². The Labute approximate surface area is 166 Å². The number of carbonyl (C=O) groups is 2. The highest BCUT2D eigenvalue weighted by molar-refractivity contribution is 5.96. The second-order valence-corrected chi connectivity index (χ2v) is 8.03. The summed E-state index contributed by atoms with van der Waals surface area (Å²) in [6.45, 7) is 9.46. The number of piperazine rings is 1. The third-order valence-electron chi connectivity index (χ3n) is 4.67. The molecule has 1 aromatic heterocycles. The summed E-state index contributed by atoms with van der Waals surface area (Å²) >= 11 is 0. The molecule has 3 rings (SSSR count). The summed E-state index contributed by atoms with van der Waals surface area (Å²) in [6.07, 6.45) is 3.23. The maximum atomic E-state index is 13.0. The van der Waals surface area contributed by atoms with Gasteiger partial charge in [0.2, 0.25) is 0 Å². The maximum absolute atomic E-state index is 13.0. The van der Waals surface area contributed by atoms with E-state index in [1.807, 2.05) is 64.2 Å². The number of aromatic nitrogens is 1.